The maximum Gasteiger partial charge on any atom is 0.114 e. The highest BCUT2D eigenvalue weighted by atomic mass is 14.1. The zero-order valence-electron chi connectivity index (χ0n) is 8.15. The average molecular weight is 154 g/mol. The Balaban J connectivity index is 3.60. The largest absolute Gasteiger partial charge is 0.114 e. The van der Waals surface area contributed by atoms with Crippen LogP contribution < -0.4 is 10.9 Å². The number of rotatable bonds is 0. The molecule has 0 aliphatic carbocycles. The van der Waals surface area contributed by atoms with Crippen molar-refractivity contribution in [2.24, 2.45) is 0 Å². The molecule has 0 unspecified atom stereocenters. The Morgan fingerprint density at radius 2 is 0.750 bits per heavy atom. The van der Waals surface area contributed by atoms with E-state index in [9.17, 15) is 0 Å². The van der Waals surface area contributed by atoms with Gasteiger partial charge in [0.15, 0.2) is 0 Å². The minimum atomic E-state index is 0.874. The van der Waals surface area contributed by atoms with Crippen LogP contribution in [0, 0.1) is 27.7 Å². The summed E-state index contributed by atoms with van der Waals surface area (Å²) in [7, 11) is 11.8. The van der Waals surface area contributed by atoms with Crippen LogP contribution in [0.5, 0.6) is 0 Å². The van der Waals surface area contributed by atoms with Crippen LogP contribution in [0.25, 0.3) is 0 Å². The van der Waals surface area contributed by atoms with Crippen molar-refractivity contribution in [2.45, 2.75) is 27.7 Å². The number of hydrogen-bond acceptors (Lipinski definition) is 0. The topological polar surface area (TPSA) is 0 Å². The van der Waals surface area contributed by atoms with E-state index in [-0.39, 0.29) is 0 Å². The third-order valence-corrected chi connectivity index (χ3v) is 2.74. The van der Waals surface area contributed by atoms with Gasteiger partial charge in [0.2, 0.25) is 0 Å². The molecule has 4 radical (unpaired) electrons. The molecule has 1 aromatic rings. The van der Waals surface area contributed by atoms with Gasteiger partial charge in [-0.15, -0.1) is 0 Å². The van der Waals surface area contributed by atoms with E-state index in [2.05, 4.69) is 0 Å². The summed E-state index contributed by atoms with van der Waals surface area (Å²) in [5, 5.41) is 0. The summed E-state index contributed by atoms with van der Waals surface area (Å²) >= 11 is 0. The fourth-order valence-electron chi connectivity index (χ4n) is 1.37. The Morgan fingerprint density at radius 1 is 0.583 bits per heavy atom. The molecule has 0 spiro atoms. The molecule has 0 heterocycles. The van der Waals surface area contributed by atoms with Gasteiger partial charge in [0.05, 0.1) is 0 Å². The summed E-state index contributed by atoms with van der Waals surface area (Å²) in [4.78, 5) is 0. The van der Waals surface area contributed by atoms with Gasteiger partial charge in [0.25, 0.3) is 0 Å². The van der Waals surface area contributed by atoms with Crippen LogP contribution in [0.3, 0.4) is 0 Å². The van der Waals surface area contributed by atoms with Crippen molar-refractivity contribution < 1.29 is 0 Å². The van der Waals surface area contributed by atoms with Gasteiger partial charge in [-0.25, -0.2) is 0 Å². The maximum absolute atomic E-state index is 5.90. The van der Waals surface area contributed by atoms with Crippen LogP contribution in [-0.4, -0.2) is 15.7 Å². The highest BCUT2D eigenvalue weighted by molar-refractivity contribution is 6.38. The molecule has 58 valence electrons. The van der Waals surface area contributed by atoms with Gasteiger partial charge in [-0.2, -0.15) is 0 Å². The Morgan fingerprint density at radius 3 is 0.917 bits per heavy atom. The molecule has 0 saturated carbocycles. The van der Waals surface area contributed by atoms with Crippen LogP contribution >= 0.6 is 0 Å². The number of hydrogen-bond donors (Lipinski definition) is 0. The first kappa shape index (κ1) is 9.44. The van der Waals surface area contributed by atoms with Crippen molar-refractivity contribution in [2.75, 3.05) is 0 Å². The van der Waals surface area contributed by atoms with Gasteiger partial charge in [0, 0.05) is 0 Å². The van der Waals surface area contributed by atoms with Crippen LogP contribution in [0.1, 0.15) is 22.3 Å². The number of benzene rings is 1. The zero-order valence-corrected chi connectivity index (χ0v) is 8.15. The summed E-state index contributed by atoms with van der Waals surface area (Å²) in [5.74, 6) is 0. The van der Waals surface area contributed by atoms with E-state index >= 15 is 0 Å². The van der Waals surface area contributed by atoms with Crippen LogP contribution in [0.15, 0.2) is 0 Å². The van der Waals surface area contributed by atoms with Gasteiger partial charge in [-0.3, -0.25) is 0 Å². The first-order valence-corrected chi connectivity index (χ1v) is 4.08. The van der Waals surface area contributed by atoms with Crippen molar-refractivity contribution in [1.82, 2.24) is 0 Å². The quantitative estimate of drug-likeness (QED) is 0.477. The summed E-state index contributed by atoms with van der Waals surface area (Å²) in [6, 6.07) is 0. The lowest BCUT2D eigenvalue weighted by atomic mass is 9.75. The van der Waals surface area contributed by atoms with Crippen LogP contribution in [0.4, 0.5) is 0 Å². The van der Waals surface area contributed by atoms with E-state index in [1.165, 1.54) is 0 Å². The van der Waals surface area contributed by atoms with Crippen molar-refractivity contribution in [3.05, 3.63) is 22.3 Å². The van der Waals surface area contributed by atoms with E-state index < -0.39 is 0 Å². The molecule has 0 aliphatic heterocycles. The van der Waals surface area contributed by atoms with Gasteiger partial charge in [-0.1, -0.05) is 33.2 Å². The summed E-state index contributed by atoms with van der Waals surface area (Å²) in [6.45, 7) is 8.03. The first-order valence-electron chi connectivity index (χ1n) is 4.08. The fraction of sp³-hybridized carbons (Fsp3) is 0.400. The second kappa shape index (κ2) is 3.01. The van der Waals surface area contributed by atoms with E-state index in [0.717, 1.165) is 33.2 Å². The van der Waals surface area contributed by atoms with Gasteiger partial charge in [0.1, 0.15) is 15.7 Å². The fourth-order valence-corrected chi connectivity index (χ4v) is 1.37. The molecule has 0 fully saturated rings. The van der Waals surface area contributed by atoms with E-state index in [1.807, 2.05) is 27.7 Å². The second-order valence-electron chi connectivity index (χ2n) is 3.33. The van der Waals surface area contributed by atoms with Crippen molar-refractivity contribution >= 4 is 26.6 Å². The van der Waals surface area contributed by atoms with Crippen molar-refractivity contribution in [1.29, 1.82) is 0 Å². The predicted octanol–water partition coefficient (Wildman–Crippen LogP) is 0.508. The Labute approximate surface area is 77.2 Å². The lowest BCUT2D eigenvalue weighted by molar-refractivity contribution is 1.30. The molecule has 0 nitrogen and oxygen atoms in total. The standard InChI is InChI=1S/C10H12B2/c1-5-6(2)10(12)8(4)7(3)9(5)11/h1-4H3. The first-order chi connectivity index (χ1) is 5.46. The molecular weight excluding hydrogens is 142 g/mol. The monoisotopic (exact) mass is 154 g/mol. The molecule has 2 heteroatoms. The molecule has 0 aliphatic rings. The summed E-state index contributed by atoms with van der Waals surface area (Å²) in [5.41, 5.74) is 6.18. The highest BCUT2D eigenvalue weighted by Crippen LogP contribution is 2.07. The predicted molar refractivity (Wildman–Crippen MR) is 56.2 cm³/mol. The average Bonchev–Trinajstić information content (AvgIpc) is 2.08. The molecule has 1 rings (SSSR count). The molecule has 0 bridgehead atoms. The summed E-state index contributed by atoms with van der Waals surface area (Å²) < 4.78 is 0. The van der Waals surface area contributed by atoms with Crippen molar-refractivity contribution in [3.63, 3.8) is 0 Å². The van der Waals surface area contributed by atoms with Crippen LogP contribution in [-0.2, 0) is 0 Å². The van der Waals surface area contributed by atoms with Gasteiger partial charge < -0.3 is 0 Å². The molecule has 1 aromatic carbocycles. The molecule has 12 heavy (non-hydrogen) atoms. The molecule has 0 atom stereocenters. The SMILES string of the molecule is [B]c1c(C)c(C)c([B])c(C)c1C. The van der Waals surface area contributed by atoms with E-state index in [1.54, 1.807) is 0 Å². The lowest BCUT2D eigenvalue weighted by Crippen LogP contribution is -2.25. The summed E-state index contributed by atoms with van der Waals surface area (Å²) in [6.07, 6.45) is 0. The highest BCUT2D eigenvalue weighted by Gasteiger charge is 2.06. The van der Waals surface area contributed by atoms with E-state index in [0.29, 0.717) is 0 Å². The maximum atomic E-state index is 5.90. The third kappa shape index (κ3) is 1.20. The van der Waals surface area contributed by atoms with Gasteiger partial charge in [-0.05, 0) is 27.7 Å². The molecule has 0 aromatic heterocycles. The normalized spacial score (nSPS) is 10.3. The van der Waals surface area contributed by atoms with Crippen molar-refractivity contribution in [3.8, 4) is 0 Å². The van der Waals surface area contributed by atoms with Crippen LogP contribution in [0.2, 0.25) is 0 Å². The van der Waals surface area contributed by atoms with Gasteiger partial charge >= 0.3 is 0 Å². The Kier molecular flexibility index (Phi) is 2.36. The second-order valence-corrected chi connectivity index (χ2v) is 3.33. The minimum absolute atomic E-state index is 0.874. The molecule has 0 saturated heterocycles. The zero-order chi connectivity index (χ0) is 9.46. The lowest BCUT2D eigenvalue weighted by Gasteiger charge is -2.16. The Bertz CT molecular complexity index is 222. The third-order valence-electron chi connectivity index (χ3n) is 2.74. The van der Waals surface area contributed by atoms with E-state index in [4.69, 9.17) is 15.7 Å². The Hall–Kier alpha value is -0.650. The minimum Gasteiger partial charge on any atom is -0.0905 e. The smallest absolute Gasteiger partial charge is 0.0905 e. The molecule has 0 N–H and O–H groups in total. The molecular formula is C10H12B2. The molecule has 0 amide bonds.